The maximum Gasteiger partial charge on any atom is 0.179 e. The zero-order valence-electron chi connectivity index (χ0n) is 17.0. The minimum absolute atomic E-state index is 0.552. The molecule has 1 saturated heterocycles. The number of piperidine rings is 1. The molecule has 1 fully saturated rings. The summed E-state index contributed by atoms with van der Waals surface area (Å²) in [5.41, 5.74) is 2.23. The molecule has 2 heterocycles. The van der Waals surface area contributed by atoms with E-state index in [1.807, 2.05) is 24.4 Å². The summed E-state index contributed by atoms with van der Waals surface area (Å²) in [6.45, 7) is 3.98. The lowest BCUT2D eigenvalue weighted by molar-refractivity contribution is 0.112. The Morgan fingerprint density at radius 1 is 1.21 bits per heavy atom. The zero-order chi connectivity index (χ0) is 19.9. The van der Waals surface area contributed by atoms with Gasteiger partial charge in [-0.25, -0.2) is 0 Å². The van der Waals surface area contributed by atoms with Gasteiger partial charge in [0.15, 0.2) is 11.5 Å². The molecule has 28 heavy (non-hydrogen) atoms. The van der Waals surface area contributed by atoms with Crippen LogP contribution in [0.3, 0.4) is 0 Å². The number of hydrogen-bond donors (Lipinski definition) is 0. The number of hydrogen-bond acceptors (Lipinski definition) is 5. The van der Waals surface area contributed by atoms with Crippen LogP contribution in [-0.2, 0) is 13.0 Å². The van der Waals surface area contributed by atoms with Gasteiger partial charge in [-0.05, 0) is 50.2 Å². The molecule has 0 N–H and O–H groups in total. The second-order valence-electron chi connectivity index (χ2n) is 7.36. The third-order valence-electron chi connectivity index (χ3n) is 5.51. The summed E-state index contributed by atoms with van der Waals surface area (Å²) in [6, 6.07) is 10.6. The number of aromatic nitrogens is 1. The molecule has 1 unspecified atom stereocenters. The van der Waals surface area contributed by atoms with Crippen molar-refractivity contribution in [2.75, 3.05) is 40.9 Å². The van der Waals surface area contributed by atoms with Gasteiger partial charge in [0.25, 0.3) is 0 Å². The number of likely N-dealkylation sites (tertiary alicyclic amines) is 1. The van der Waals surface area contributed by atoms with Crippen molar-refractivity contribution in [1.29, 1.82) is 0 Å². The number of benzene rings is 1. The second kappa shape index (κ2) is 10.1. The van der Waals surface area contributed by atoms with E-state index in [-0.39, 0.29) is 0 Å². The second-order valence-corrected chi connectivity index (χ2v) is 7.73. The van der Waals surface area contributed by atoms with Crippen molar-refractivity contribution < 1.29 is 9.47 Å². The van der Waals surface area contributed by atoms with Crippen molar-refractivity contribution in [3.63, 3.8) is 0 Å². The molecule has 1 aliphatic rings. The number of halogens is 1. The topological polar surface area (TPSA) is 37.8 Å². The average molecular weight is 404 g/mol. The molecule has 1 aliphatic heterocycles. The first kappa shape index (κ1) is 20.9. The fourth-order valence-corrected chi connectivity index (χ4v) is 4.14. The summed E-state index contributed by atoms with van der Waals surface area (Å²) in [6.07, 6.45) is 5.28. The van der Waals surface area contributed by atoms with Crippen molar-refractivity contribution >= 4 is 11.6 Å². The molecule has 0 radical (unpaired) electrons. The van der Waals surface area contributed by atoms with Gasteiger partial charge in [0.2, 0.25) is 0 Å². The van der Waals surface area contributed by atoms with Gasteiger partial charge in [-0.15, -0.1) is 0 Å². The van der Waals surface area contributed by atoms with Crippen LogP contribution in [0.4, 0.5) is 0 Å². The van der Waals surface area contributed by atoms with Gasteiger partial charge in [0.1, 0.15) is 0 Å². The normalized spacial score (nSPS) is 17.7. The van der Waals surface area contributed by atoms with Crippen molar-refractivity contribution in [2.24, 2.45) is 0 Å². The van der Waals surface area contributed by atoms with Gasteiger partial charge in [0, 0.05) is 44.0 Å². The fourth-order valence-electron chi connectivity index (χ4n) is 3.85. The molecule has 2 aromatic rings. The number of ether oxygens (including phenoxy) is 2. The lowest BCUT2D eigenvalue weighted by atomic mass is 10.0. The van der Waals surface area contributed by atoms with E-state index in [1.165, 1.54) is 12.8 Å². The van der Waals surface area contributed by atoms with E-state index in [0.29, 0.717) is 22.6 Å². The monoisotopic (exact) mass is 403 g/mol. The standard InChI is InChI=1S/C22H30ClN3O2/c1-25(14-11-18-7-4-5-12-24-18)19-8-6-13-26(16-19)15-17-9-10-20(27-2)22(28-3)21(17)23/h4-5,7,9-10,12,19H,6,8,11,13-16H2,1-3H3. The van der Waals surface area contributed by atoms with Crippen molar-refractivity contribution in [3.05, 3.63) is 52.8 Å². The molecule has 0 aliphatic carbocycles. The Kier molecular flexibility index (Phi) is 7.54. The Morgan fingerprint density at radius 2 is 2.07 bits per heavy atom. The first-order chi connectivity index (χ1) is 13.6. The summed E-state index contributed by atoms with van der Waals surface area (Å²) >= 11 is 6.58. The minimum Gasteiger partial charge on any atom is -0.493 e. The largest absolute Gasteiger partial charge is 0.493 e. The van der Waals surface area contributed by atoms with Crippen LogP contribution in [0.15, 0.2) is 36.5 Å². The number of pyridine rings is 1. The van der Waals surface area contributed by atoms with Gasteiger partial charge in [0.05, 0.1) is 19.2 Å². The molecule has 1 atom stereocenters. The number of nitrogens with zero attached hydrogens (tertiary/aromatic N) is 3. The number of rotatable bonds is 8. The SMILES string of the molecule is COc1ccc(CN2CCCC(N(C)CCc3ccccn3)C2)c(Cl)c1OC. The first-order valence-corrected chi connectivity index (χ1v) is 10.2. The van der Waals surface area contributed by atoms with E-state index in [4.69, 9.17) is 21.1 Å². The molecule has 3 rings (SSSR count). The van der Waals surface area contributed by atoms with E-state index >= 15 is 0 Å². The smallest absolute Gasteiger partial charge is 0.179 e. The van der Waals surface area contributed by atoms with E-state index in [9.17, 15) is 0 Å². The highest BCUT2D eigenvalue weighted by atomic mass is 35.5. The first-order valence-electron chi connectivity index (χ1n) is 9.84. The third-order valence-corrected chi connectivity index (χ3v) is 5.92. The van der Waals surface area contributed by atoms with Crippen molar-refractivity contribution in [1.82, 2.24) is 14.8 Å². The van der Waals surface area contributed by atoms with Crippen LogP contribution in [0.2, 0.25) is 5.02 Å². The van der Waals surface area contributed by atoms with Crippen LogP contribution in [0.5, 0.6) is 11.5 Å². The summed E-state index contributed by atoms with van der Waals surface area (Å²) in [4.78, 5) is 9.39. The lowest BCUT2D eigenvalue weighted by Gasteiger charge is -2.38. The zero-order valence-corrected chi connectivity index (χ0v) is 17.8. The molecule has 0 bridgehead atoms. The molecular formula is C22H30ClN3O2. The highest BCUT2D eigenvalue weighted by Crippen LogP contribution is 2.38. The van der Waals surface area contributed by atoms with Crippen LogP contribution < -0.4 is 9.47 Å². The molecule has 0 saturated carbocycles. The molecular weight excluding hydrogens is 374 g/mol. The summed E-state index contributed by atoms with van der Waals surface area (Å²) < 4.78 is 10.8. The third kappa shape index (κ3) is 5.16. The van der Waals surface area contributed by atoms with Crippen LogP contribution in [-0.4, -0.2) is 61.7 Å². The molecule has 0 amide bonds. The van der Waals surface area contributed by atoms with Crippen LogP contribution in [0.25, 0.3) is 0 Å². The minimum atomic E-state index is 0.552. The van der Waals surface area contributed by atoms with Gasteiger partial charge < -0.3 is 14.4 Å². The Bertz CT molecular complexity index is 757. The Balaban J connectivity index is 1.59. The van der Waals surface area contributed by atoms with Crippen LogP contribution >= 0.6 is 11.6 Å². The van der Waals surface area contributed by atoms with Gasteiger partial charge in [-0.1, -0.05) is 23.7 Å². The number of likely N-dealkylation sites (N-methyl/N-ethyl adjacent to an activating group) is 1. The average Bonchev–Trinajstić information content (AvgIpc) is 2.74. The van der Waals surface area contributed by atoms with Crippen molar-refractivity contribution in [2.45, 2.75) is 31.8 Å². The Morgan fingerprint density at radius 3 is 2.79 bits per heavy atom. The number of methoxy groups -OCH3 is 2. The molecule has 5 nitrogen and oxygen atoms in total. The summed E-state index contributed by atoms with van der Waals surface area (Å²) in [5, 5.41) is 0.646. The molecule has 0 spiro atoms. The summed E-state index contributed by atoms with van der Waals surface area (Å²) in [7, 11) is 5.48. The molecule has 1 aromatic carbocycles. The van der Waals surface area contributed by atoms with Crippen molar-refractivity contribution in [3.8, 4) is 11.5 Å². The lowest BCUT2D eigenvalue weighted by Crippen LogP contribution is -2.46. The van der Waals surface area contributed by atoms with Crippen LogP contribution in [0, 0.1) is 0 Å². The van der Waals surface area contributed by atoms with E-state index in [2.05, 4.69) is 34.0 Å². The predicted molar refractivity (Wildman–Crippen MR) is 113 cm³/mol. The molecule has 6 heteroatoms. The molecule has 1 aromatic heterocycles. The van der Waals surface area contributed by atoms with Crippen LogP contribution in [0.1, 0.15) is 24.1 Å². The maximum absolute atomic E-state index is 6.58. The van der Waals surface area contributed by atoms with Gasteiger partial charge >= 0.3 is 0 Å². The fraction of sp³-hybridized carbons (Fsp3) is 0.500. The van der Waals surface area contributed by atoms with E-state index < -0.39 is 0 Å². The Labute approximate surface area is 173 Å². The highest BCUT2D eigenvalue weighted by Gasteiger charge is 2.24. The van der Waals surface area contributed by atoms with Gasteiger partial charge in [-0.3, -0.25) is 9.88 Å². The quantitative estimate of drug-likeness (QED) is 0.668. The highest BCUT2D eigenvalue weighted by molar-refractivity contribution is 6.33. The van der Waals surface area contributed by atoms with Gasteiger partial charge in [-0.2, -0.15) is 0 Å². The predicted octanol–water partition coefficient (Wildman–Crippen LogP) is 3.89. The van der Waals surface area contributed by atoms with E-state index in [1.54, 1.807) is 14.2 Å². The summed E-state index contributed by atoms with van der Waals surface area (Å²) in [5.74, 6) is 1.28. The molecule has 152 valence electrons. The van der Waals surface area contributed by atoms with E-state index in [0.717, 1.165) is 43.9 Å². The maximum atomic E-state index is 6.58. The Hall–Kier alpha value is -1.82.